The van der Waals surface area contributed by atoms with Crippen LogP contribution >= 0.6 is 0 Å². The van der Waals surface area contributed by atoms with Gasteiger partial charge in [0.15, 0.2) is 0 Å². The van der Waals surface area contributed by atoms with Crippen LogP contribution in [0.25, 0.3) is 33.3 Å². The molecular formula is C30H33FN4O. The van der Waals surface area contributed by atoms with Gasteiger partial charge in [0.2, 0.25) is 0 Å². The van der Waals surface area contributed by atoms with Crippen LogP contribution in [0.4, 0.5) is 4.39 Å². The number of aromatic amines is 1. The highest BCUT2D eigenvalue weighted by molar-refractivity contribution is 5.95. The van der Waals surface area contributed by atoms with Gasteiger partial charge in [-0.3, -0.25) is 0 Å². The molecule has 186 valence electrons. The number of nitrogens with zero attached hydrogens (tertiary/aromatic N) is 3. The monoisotopic (exact) mass is 484 g/mol. The van der Waals surface area contributed by atoms with E-state index in [1.807, 2.05) is 36.7 Å². The number of likely N-dealkylation sites (tertiary alicyclic amines) is 2. The molecule has 0 amide bonds. The minimum atomic E-state index is -0.432. The topological polar surface area (TPSA) is 55.4 Å². The van der Waals surface area contributed by atoms with E-state index in [0.29, 0.717) is 11.8 Å². The Labute approximate surface area is 211 Å². The number of nitrogens with one attached hydrogen (secondary N) is 1. The maximum Gasteiger partial charge on any atom is 0.137 e. The molecule has 4 heterocycles. The molecule has 0 radical (unpaired) electrons. The van der Waals surface area contributed by atoms with Crippen LogP contribution in [-0.4, -0.2) is 65.1 Å². The summed E-state index contributed by atoms with van der Waals surface area (Å²) < 4.78 is 15.2. The molecule has 4 aromatic rings. The number of H-pyrrole nitrogens is 1. The molecule has 2 N–H and O–H groups in total. The predicted octanol–water partition coefficient (Wildman–Crippen LogP) is 5.44. The predicted molar refractivity (Wildman–Crippen MR) is 142 cm³/mol. The van der Waals surface area contributed by atoms with Crippen molar-refractivity contribution in [2.45, 2.75) is 24.9 Å². The highest BCUT2D eigenvalue weighted by Gasteiger charge is 2.30. The van der Waals surface area contributed by atoms with Crippen LogP contribution in [0.1, 0.15) is 36.0 Å². The van der Waals surface area contributed by atoms with Gasteiger partial charge in [-0.25, -0.2) is 9.37 Å². The largest absolute Gasteiger partial charge is 0.388 e. The zero-order valence-electron chi connectivity index (χ0n) is 20.9. The number of halogens is 1. The molecule has 36 heavy (non-hydrogen) atoms. The van der Waals surface area contributed by atoms with E-state index in [1.165, 1.54) is 0 Å². The van der Waals surface area contributed by atoms with Gasteiger partial charge in [0.1, 0.15) is 11.5 Å². The Morgan fingerprint density at radius 1 is 0.944 bits per heavy atom. The van der Waals surface area contributed by atoms with Crippen LogP contribution in [0.3, 0.4) is 0 Å². The zero-order valence-corrected chi connectivity index (χ0v) is 20.9. The molecule has 0 aliphatic carbocycles. The van der Waals surface area contributed by atoms with Crippen LogP contribution < -0.4 is 0 Å². The molecule has 0 spiro atoms. The normalized spacial score (nSPS) is 19.0. The lowest BCUT2D eigenvalue weighted by Gasteiger charge is -2.39. The zero-order chi connectivity index (χ0) is 24.8. The van der Waals surface area contributed by atoms with Crippen LogP contribution in [0.5, 0.6) is 0 Å². The van der Waals surface area contributed by atoms with Gasteiger partial charge in [0.25, 0.3) is 0 Å². The van der Waals surface area contributed by atoms with Crippen molar-refractivity contribution in [1.82, 2.24) is 19.8 Å². The van der Waals surface area contributed by atoms with Gasteiger partial charge in [-0.05, 0) is 80.3 Å². The number of benzene rings is 2. The average Bonchev–Trinajstić information content (AvgIpc) is 3.30. The van der Waals surface area contributed by atoms with Crippen molar-refractivity contribution >= 4 is 11.0 Å². The van der Waals surface area contributed by atoms with Gasteiger partial charge in [-0.2, -0.15) is 0 Å². The second kappa shape index (κ2) is 9.43. The standard InChI is InChI=1S/C30H33FN4O/c1-34-11-9-20(10-12-34)25-8-7-22(14-28(25)31)23-13-26-27(16-33-30(26)32-15-23)19-3-5-21(6-4-19)29(36)24-17-35(2)18-24/h3-8,13-16,20,24,29,36H,9-12,17-18H2,1-2H3,(H,32,33). The molecule has 1 atom stereocenters. The smallest absolute Gasteiger partial charge is 0.137 e. The number of aliphatic hydroxyl groups is 1. The van der Waals surface area contributed by atoms with Gasteiger partial charge >= 0.3 is 0 Å². The molecule has 2 aliphatic rings. The summed E-state index contributed by atoms with van der Waals surface area (Å²) >= 11 is 0. The van der Waals surface area contributed by atoms with Crippen LogP contribution in [0.2, 0.25) is 0 Å². The second-order valence-corrected chi connectivity index (χ2v) is 10.7. The molecule has 2 aromatic carbocycles. The fourth-order valence-electron chi connectivity index (χ4n) is 5.84. The minimum Gasteiger partial charge on any atom is -0.388 e. The summed E-state index contributed by atoms with van der Waals surface area (Å²) in [5, 5.41) is 11.7. The van der Waals surface area contributed by atoms with Gasteiger partial charge in [-0.15, -0.1) is 0 Å². The van der Waals surface area contributed by atoms with Gasteiger partial charge in [0.05, 0.1) is 6.10 Å². The first-order valence-electron chi connectivity index (χ1n) is 12.9. The quantitative estimate of drug-likeness (QED) is 0.396. The lowest BCUT2D eigenvalue weighted by atomic mass is 9.88. The van der Waals surface area contributed by atoms with Gasteiger partial charge < -0.3 is 19.9 Å². The van der Waals surface area contributed by atoms with Crippen molar-refractivity contribution < 1.29 is 9.50 Å². The van der Waals surface area contributed by atoms with Crippen molar-refractivity contribution in [3.05, 3.63) is 77.9 Å². The van der Waals surface area contributed by atoms with Crippen LogP contribution in [0, 0.1) is 11.7 Å². The Morgan fingerprint density at radius 3 is 2.36 bits per heavy atom. The maximum atomic E-state index is 15.2. The number of pyridine rings is 1. The summed E-state index contributed by atoms with van der Waals surface area (Å²) in [5.74, 6) is 0.467. The van der Waals surface area contributed by atoms with E-state index in [1.54, 1.807) is 6.07 Å². The molecule has 6 rings (SSSR count). The summed E-state index contributed by atoms with van der Waals surface area (Å²) in [7, 11) is 4.20. The van der Waals surface area contributed by atoms with Crippen molar-refractivity contribution in [3.63, 3.8) is 0 Å². The summed E-state index contributed by atoms with van der Waals surface area (Å²) in [5.41, 5.74) is 6.44. The van der Waals surface area contributed by atoms with E-state index < -0.39 is 6.10 Å². The van der Waals surface area contributed by atoms with E-state index in [0.717, 1.165) is 83.4 Å². The molecule has 2 fully saturated rings. The SMILES string of the molecule is CN1CCC(c2ccc(-c3cnc4[nH]cc(-c5ccc(C(O)C6CN(C)C6)cc5)c4c3)cc2F)CC1. The van der Waals surface area contributed by atoms with Crippen molar-refractivity contribution in [2.75, 3.05) is 40.3 Å². The summed E-state index contributed by atoms with van der Waals surface area (Å²) in [6, 6.07) is 15.9. The van der Waals surface area contributed by atoms with Crippen LogP contribution in [0.15, 0.2) is 60.9 Å². The highest BCUT2D eigenvalue weighted by atomic mass is 19.1. The van der Waals surface area contributed by atoms with E-state index in [4.69, 9.17) is 0 Å². The molecule has 0 saturated carbocycles. The first-order chi connectivity index (χ1) is 17.5. The lowest BCUT2D eigenvalue weighted by molar-refractivity contribution is 0.00901. The van der Waals surface area contributed by atoms with Crippen LogP contribution in [-0.2, 0) is 0 Å². The van der Waals surface area contributed by atoms with Crippen molar-refractivity contribution in [3.8, 4) is 22.3 Å². The maximum absolute atomic E-state index is 15.2. The Balaban J connectivity index is 1.26. The van der Waals surface area contributed by atoms with E-state index in [9.17, 15) is 5.11 Å². The summed E-state index contributed by atoms with van der Waals surface area (Å²) in [6.45, 7) is 3.89. The third-order valence-electron chi connectivity index (χ3n) is 8.13. The number of rotatable bonds is 5. The Kier molecular flexibility index (Phi) is 6.12. The Morgan fingerprint density at radius 2 is 1.67 bits per heavy atom. The van der Waals surface area contributed by atoms with Crippen molar-refractivity contribution in [2.24, 2.45) is 5.92 Å². The first kappa shape index (κ1) is 23.3. The molecule has 1 unspecified atom stereocenters. The Hall–Kier alpha value is -3.06. The number of hydrogen-bond acceptors (Lipinski definition) is 4. The fraction of sp³-hybridized carbons (Fsp3) is 0.367. The molecular weight excluding hydrogens is 451 g/mol. The summed E-state index contributed by atoms with van der Waals surface area (Å²) in [6.07, 6.45) is 5.35. The minimum absolute atomic E-state index is 0.122. The number of aliphatic hydroxyl groups excluding tert-OH is 1. The fourth-order valence-corrected chi connectivity index (χ4v) is 5.84. The summed E-state index contributed by atoms with van der Waals surface area (Å²) in [4.78, 5) is 12.4. The molecule has 0 bridgehead atoms. The van der Waals surface area contributed by atoms with Gasteiger partial charge in [0, 0.05) is 47.9 Å². The Bertz CT molecular complexity index is 1370. The number of aromatic nitrogens is 2. The molecule has 5 nitrogen and oxygen atoms in total. The lowest BCUT2D eigenvalue weighted by Crippen LogP contribution is -2.46. The molecule has 2 aliphatic heterocycles. The van der Waals surface area contributed by atoms with Crippen molar-refractivity contribution in [1.29, 1.82) is 0 Å². The average molecular weight is 485 g/mol. The third-order valence-corrected chi connectivity index (χ3v) is 8.13. The van der Waals surface area contributed by atoms with E-state index >= 15 is 4.39 Å². The second-order valence-electron chi connectivity index (χ2n) is 10.7. The first-order valence-corrected chi connectivity index (χ1v) is 12.9. The number of piperidine rings is 1. The number of fused-ring (bicyclic) bond motifs is 1. The molecule has 2 aromatic heterocycles. The van der Waals surface area contributed by atoms with Gasteiger partial charge in [-0.1, -0.05) is 36.4 Å². The highest BCUT2D eigenvalue weighted by Crippen LogP contribution is 2.35. The van der Waals surface area contributed by atoms with E-state index in [2.05, 4.69) is 52.1 Å². The third kappa shape index (κ3) is 4.34. The molecule has 6 heteroatoms. The number of hydrogen-bond donors (Lipinski definition) is 2. The van der Waals surface area contributed by atoms with E-state index in [-0.39, 0.29) is 5.82 Å². The molecule has 2 saturated heterocycles.